The fourth-order valence-electron chi connectivity index (χ4n) is 0.531. The minimum absolute atomic E-state index is 0.229. The lowest BCUT2D eigenvalue weighted by molar-refractivity contribution is -0.134. The van der Waals surface area contributed by atoms with Gasteiger partial charge in [0.05, 0.1) is 13.3 Å². The molecule has 1 saturated heterocycles. The summed E-state index contributed by atoms with van der Waals surface area (Å²) in [5.74, 6) is 0. The molecule has 0 aromatic heterocycles. The van der Waals surface area contributed by atoms with Gasteiger partial charge in [-0.2, -0.15) is 0 Å². The first-order chi connectivity index (χ1) is 3.93. The zero-order valence-corrected chi connectivity index (χ0v) is 4.29. The van der Waals surface area contributed by atoms with Crippen LogP contribution in [0, 0.1) is 0 Å². The first-order valence-corrected chi connectivity index (χ1v) is 2.33. The van der Waals surface area contributed by atoms with Crippen molar-refractivity contribution in [3.63, 3.8) is 0 Å². The van der Waals surface area contributed by atoms with Crippen LogP contribution >= 0.6 is 0 Å². The van der Waals surface area contributed by atoms with E-state index in [9.17, 15) is 4.79 Å². The average Bonchev–Trinajstić information content (AvgIpc) is 2.19. The molecule has 0 bridgehead atoms. The molecule has 4 heteroatoms. The van der Waals surface area contributed by atoms with E-state index in [1.807, 2.05) is 0 Å². The first-order valence-electron chi connectivity index (χ1n) is 2.33. The fourth-order valence-corrected chi connectivity index (χ4v) is 0.531. The van der Waals surface area contributed by atoms with Gasteiger partial charge in [-0.05, 0) is 0 Å². The van der Waals surface area contributed by atoms with Crippen molar-refractivity contribution in [1.82, 2.24) is 5.32 Å². The summed E-state index contributed by atoms with van der Waals surface area (Å²) in [6, 6.07) is 0. The van der Waals surface area contributed by atoms with Crippen LogP contribution < -0.4 is 5.32 Å². The van der Waals surface area contributed by atoms with Gasteiger partial charge >= 0.3 is 0 Å². The molecule has 0 spiro atoms. The summed E-state index contributed by atoms with van der Waals surface area (Å²) >= 11 is 0. The molecule has 4 nitrogen and oxygen atoms in total. The Kier molecular flexibility index (Phi) is 1.82. The second-order valence-corrected chi connectivity index (χ2v) is 1.44. The average molecular weight is 117 g/mol. The molecule has 1 rings (SSSR count). The summed E-state index contributed by atoms with van der Waals surface area (Å²) in [5, 5.41) is 2.78. The molecule has 0 aromatic carbocycles. The van der Waals surface area contributed by atoms with Gasteiger partial charge in [0.25, 0.3) is 6.47 Å². The van der Waals surface area contributed by atoms with Crippen LogP contribution in [0.15, 0.2) is 0 Å². The number of carbonyl (C=O) groups excluding carboxylic acids is 1. The number of rotatable bonds is 2. The molecule has 0 aliphatic carbocycles. The Morgan fingerprint density at radius 3 is 3.25 bits per heavy atom. The zero-order valence-electron chi connectivity index (χ0n) is 4.29. The molecule has 1 fully saturated rings. The number of nitrogens with one attached hydrogen (secondary N) is 1. The van der Waals surface area contributed by atoms with Gasteiger partial charge in [-0.3, -0.25) is 10.1 Å². The molecule has 1 heterocycles. The van der Waals surface area contributed by atoms with E-state index in [2.05, 4.69) is 10.1 Å². The highest BCUT2D eigenvalue weighted by molar-refractivity contribution is 5.37. The van der Waals surface area contributed by atoms with Gasteiger partial charge in [0.15, 0.2) is 6.23 Å². The van der Waals surface area contributed by atoms with Crippen LogP contribution in [0.5, 0.6) is 0 Å². The van der Waals surface area contributed by atoms with Crippen molar-refractivity contribution in [2.75, 3.05) is 13.3 Å². The topological polar surface area (TPSA) is 47.6 Å². The summed E-state index contributed by atoms with van der Waals surface area (Å²) < 4.78 is 9.30. The summed E-state index contributed by atoms with van der Waals surface area (Å²) in [7, 11) is 0. The van der Waals surface area contributed by atoms with E-state index in [0.717, 1.165) is 0 Å². The van der Waals surface area contributed by atoms with E-state index >= 15 is 0 Å². The van der Waals surface area contributed by atoms with Crippen LogP contribution in [0.25, 0.3) is 0 Å². The third kappa shape index (κ3) is 1.18. The lowest BCUT2D eigenvalue weighted by Crippen LogP contribution is -2.26. The Balaban J connectivity index is 2.14. The van der Waals surface area contributed by atoms with Gasteiger partial charge < -0.3 is 9.47 Å². The van der Waals surface area contributed by atoms with Crippen molar-refractivity contribution >= 4 is 6.47 Å². The van der Waals surface area contributed by atoms with Gasteiger partial charge in [-0.15, -0.1) is 0 Å². The number of hydrogen-bond donors (Lipinski definition) is 1. The lowest BCUT2D eigenvalue weighted by Gasteiger charge is -2.02. The van der Waals surface area contributed by atoms with Crippen LogP contribution in [0.3, 0.4) is 0 Å². The first kappa shape index (κ1) is 5.53. The quantitative estimate of drug-likeness (QED) is 0.474. The van der Waals surface area contributed by atoms with Crippen LogP contribution in [0.2, 0.25) is 0 Å². The monoisotopic (exact) mass is 117 g/mol. The highest BCUT2D eigenvalue weighted by Gasteiger charge is 2.13. The Bertz CT molecular complexity index is 79.4. The number of ether oxygens (including phenoxy) is 2. The molecule has 0 unspecified atom stereocenters. The molecule has 1 aliphatic rings. The SMILES string of the molecule is O=CO[C@H]1COCN1. The molecule has 1 N–H and O–H groups in total. The van der Waals surface area contributed by atoms with Crippen LogP contribution in [-0.4, -0.2) is 26.0 Å². The van der Waals surface area contributed by atoms with Crippen molar-refractivity contribution in [3.05, 3.63) is 0 Å². The van der Waals surface area contributed by atoms with Crippen molar-refractivity contribution in [2.45, 2.75) is 6.23 Å². The van der Waals surface area contributed by atoms with E-state index in [1.165, 1.54) is 0 Å². The Labute approximate surface area is 46.8 Å². The van der Waals surface area contributed by atoms with Crippen molar-refractivity contribution < 1.29 is 14.3 Å². The van der Waals surface area contributed by atoms with Gasteiger partial charge in [0, 0.05) is 0 Å². The predicted octanol–water partition coefficient (Wildman–Crippen LogP) is -0.937. The van der Waals surface area contributed by atoms with E-state index in [1.54, 1.807) is 0 Å². The van der Waals surface area contributed by atoms with Gasteiger partial charge in [-0.1, -0.05) is 0 Å². The summed E-state index contributed by atoms with van der Waals surface area (Å²) in [5.41, 5.74) is 0. The fraction of sp³-hybridized carbons (Fsp3) is 0.750. The summed E-state index contributed by atoms with van der Waals surface area (Å²) in [6.45, 7) is 1.34. The molecule has 1 aliphatic heterocycles. The highest BCUT2D eigenvalue weighted by atomic mass is 16.6. The number of hydrogen-bond acceptors (Lipinski definition) is 4. The van der Waals surface area contributed by atoms with Crippen molar-refractivity contribution in [3.8, 4) is 0 Å². The summed E-state index contributed by atoms with van der Waals surface area (Å²) in [6.07, 6.45) is -0.229. The van der Waals surface area contributed by atoms with E-state index < -0.39 is 0 Å². The highest BCUT2D eigenvalue weighted by Crippen LogP contribution is 1.92. The Hall–Kier alpha value is -0.610. The van der Waals surface area contributed by atoms with Gasteiger partial charge in [-0.25, -0.2) is 0 Å². The second-order valence-electron chi connectivity index (χ2n) is 1.44. The van der Waals surface area contributed by atoms with E-state index in [0.29, 0.717) is 19.8 Å². The maximum Gasteiger partial charge on any atom is 0.294 e. The molecule has 0 radical (unpaired) electrons. The predicted molar refractivity (Wildman–Crippen MR) is 24.9 cm³/mol. The molecular formula is C4H7NO3. The van der Waals surface area contributed by atoms with E-state index in [-0.39, 0.29) is 6.23 Å². The standard InChI is InChI=1S/C4H7NO3/c6-3-8-4-1-7-2-5-4/h3-5H,1-2H2/t4-/m0/s1. The minimum atomic E-state index is -0.229. The summed E-state index contributed by atoms with van der Waals surface area (Å²) in [4.78, 5) is 9.64. The molecule has 0 saturated carbocycles. The molecule has 1 atom stereocenters. The maximum absolute atomic E-state index is 9.64. The third-order valence-electron chi connectivity index (χ3n) is 0.902. The largest absolute Gasteiger partial charge is 0.446 e. The Morgan fingerprint density at radius 2 is 2.75 bits per heavy atom. The van der Waals surface area contributed by atoms with Gasteiger partial charge in [0.1, 0.15) is 0 Å². The smallest absolute Gasteiger partial charge is 0.294 e. The zero-order chi connectivity index (χ0) is 5.82. The third-order valence-corrected chi connectivity index (χ3v) is 0.902. The minimum Gasteiger partial charge on any atom is -0.446 e. The molecule has 46 valence electrons. The van der Waals surface area contributed by atoms with Crippen molar-refractivity contribution in [1.29, 1.82) is 0 Å². The normalized spacial score (nSPS) is 27.8. The van der Waals surface area contributed by atoms with Crippen molar-refractivity contribution in [2.24, 2.45) is 0 Å². The second kappa shape index (κ2) is 2.64. The molecule has 0 amide bonds. The Morgan fingerprint density at radius 1 is 1.88 bits per heavy atom. The maximum atomic E-state index is 9.64. The van der Waals surface area contributed by atoms with Crippen LogP contribution in [-0.2, 0) is 14.3 Å². The molecule has 8 heavy (non-hydrogen) atoms. The molecular weight excluding hydrogens is 110 g/mol. The molecule has 0 aromatic rings. The van der Waals surface area contributed by atoms with E-state index in [4.69, 9.17) is 4.74 Å². The van der Waals surface area contributed by atoms with Crippen LogP contribution in [0.4, 0.5) is 0 Å². The van der Waals surface area contributed by atoms with Gasteiger partial charge in [0.2, 0.25) is 0 Å². The van der Waals surface area contributed by atoms with Crippen LogP contribution in [0.1, 0.15) is 0 Å². The lowest BCUT2D eigenvalue weighted by atomic mass is 10.6. The number of carbonyl (C=O) groups is 1.